The Labute approximate surface area is 147 Å². The van der Waals surface area contributed by atoms with Crippen molar-refractivity contribution >= 4 is 40.6 Å². The Kier molecular flexibility index (Phi) is 4.64. The Morgan fingerprint density at radius 2 is 1.88 bits per heavy atom. The summed E-state index contributed by atoms with van der Waals surface area (Å²) in [7, 11) is 1.70. The summed E-state index contributed by atoms with van der Waals surface area (Å²) in [5.74, 6) is -0.0798. The van der Waals surface area contributed by atoms with Crippen LogP contribution in [-0.2, 0) is 7.05 Å². The van der Waals surface area contributed by atoms with Crippen LogP contribution in [0.4, 0.5) is 0 Å². The zero-order chi connectivity index (χ0) is 17.3. The first-order chi connectivity index (χ1) is 11.5. The summed E-state index contributed by atoms with van der Waals surface area (Å²) in [4.78, 5) is 26.0. The van der Waals surface area contributed by atoms with Gasteiger partial charge < -0.3 is 4.57 Å². The molecule has 0 N–H and O–H groups in total. The number of thiazole rings is 1. The topological polar surface area (TPSA) is 39.1 Å². The highest BCUT2D eigenvalue weighted by Crippen LogP contribution is 2.15. The Bertz CT molecular complexity index is 1080. The van der Waals surface area contributed by atoms with Crippen LogP contribution in [0.2, 0.25) is 0 Å². The third-order valence-electron chi connectivity index (χ3n) is 3.89. The van der Waals surface area contributed by atoms with Gasteiger partial charge in [-0.3, -0.25) is 9.59 Å². The second-order valence-corrected chi connectivity index (χ2v) is 7.61. The van der Waals surface area contributed by atoms with E-state index < -0.39 is 0 Å². The SMILES string of the molecule is Cc1ccccc1C(=O)/C=c1\s/c(=C\c2sccc2C)c(=O)n1C. The van der Waals surface area contributed by atoms with Gasteiger partial charge in [0.25, 0.3) is 5.56 Å². The number of Topliss-reactive ketones (excluding diaryl/α,β-unsaturated/α-hetero) is 1. The summed E-state index contributed by atoms with van der Waals surface area (Å²) >= 11 is 2.95. The van der Waals surface area contributed by atoms with Crippen LogP contribution in [0, 0.1) is 13.8 Å². The van der Waals surface area contributed by atoms with Crippen LogP contribution in [0.3, 0.4) is 0 Å². The molecule has 0 bridgehead atoms. The summed E-state index contributed by atoms with van der Waals surface area (Å²) in [5.41, 5.74) is 2.67. The zero-order valence-electron chi connectivity index (χ0n) is 13.7. The van der Waals surface area contributed by atoms with Gasteiger partial charge in [0.15, 0.2) is 5.78 Å². The highest BCUT2D eigenvalue weighted by molar-refractivity contribution is 7.11. The Morgan fingerprint density at radius 1 is 1.12 bits per heavy atom. The largest absolute Gasteiger partial charge is 0.302 e. The number of benzene rings is 1. The van der Waals surface area contributed by atoms with Crippen LogP contribution < -0.4 is 14.8 Å². The molecule has 2 heterocycles. The standard InChI is InChI=1S/C19H17NO2S2/c1-12-6-4-5-7-14(12)15(21)10-18-20(3)19(22)17(24-18)11-16-13(2)8-9-23-16/h4-11H,1-3H3/b17-11-,18-10-. The molecule has 3 rings (SSSR count). The van der Waals surface area contributed by atoms with Gasteiger partial charge in [-0.05, 0) is 42.5 Å². The van der Waals surface area contributed by atoms with E-state index in [0.29, 0.717) is 14.8 Å². The molecule has 122 valence electrons. The summed E-state index contributed by atoms with van der Waals surface area (Å²) in [6.07, 6.45) is 3.45. The molecule has 5 heteroatoms. The number of nitrogens with zero attached hydrogens (tertiary/aromatic N) is 1. The normalized spacial score (nSPS) is 12.8. The third kappa shape index (κ3) is 3.18. The molecule has 0 saturated heterocycles. The van der Waals surface area contributed by atoms with Crippen molar-refractivity contribution in [2.24, 2.45) is 7.05 Å². The minimum Gasteiger partial charge on any atom is -0.302 e. The van der Waals surface area contributed by atoms with E-state index in [1.807, 2.05) is 55.6 Å². The average molecular weight is 355 g/mol. The second kappa shape index (κ2) is 6.71. The molecule has 0 saturated carbocycles. The molecule has 3 nitrogen and oxygen atoms in total. The summed E-state index contributed by atoms with van der Waals surface area (Å²) in [6, 6.07) is 9.50. The molecule has 24 heavy (non-hydrogen) atoms. The fourth-order valence-electron chi connectivity index (χ4n) is 2.40. The molecule has 0 aliphatic heterocycles. The Balaban J connectivity index is 2.11. The zero-order valence-corrected chi connectivity index (χ0v) is 15.3. The number of thiophene rings is 1. The maximum atomic E-state index is 12.5. The third-order valence-corrected chi connectivity index (χ3v) is 5.97. The molecular formula is C19H17NO2S2. The van der Waals surface area contributed by atoms with Crippen molar-refractivity contribution < 1.29 is 4.79 Å². The molecule has 0 radical (unpaired) electrons. The number of ketones is 1. The summed E-state index contributed by atoms with van der Waals surface area (Å²) < 4.78 is 2.84. The minimum atomic E-state index is -0.0798. The van der Waals surface area contributed by atoms with E-state index in [4.69, 9.17) is 0 Å². The molecule has 0 fully saturated rings. The van der Waals surface area contributed by atoms with Crippen molar-refractivity contribution in [2.75, 3.05) is 0 Å². The molecule has 1 aromatic carbocycles. The van der Waals surface area contributed by atoms with E-state index >= 15 is 0 Å². The smallest absolute Gasteiger partial charge is 0.268 e. The van der Waals surface area contributed by atoms with Gasteiger partial charge >= 0.3 is 0 Å². The van der Waals surface area contributed by atoms with Crippen molar-refractivity contribution in [1.29, 1.82) is 0 Å². The molecule has 0 unspecified atom stereocenters. The lowest BCUT2D eigenvalue weighted by molar-refractivity contribution is 0.106. The van der Waals surface area contributed by atoms with E-state index in [2.05, 4.69) is 0 Å². The van der Waals surface area contributed by atoms with Crippen LogP contribution in [0.15, 0.2) is 40.5 Å². The van der Waals surface area contributed by atoms with Gasteiger partial charge in [0.05, 0.1) is 4.53 Å². The van der Waals surface area contributed by atoms with Gasteiger partial charge in [-0.2, -0.15) is 0 Å². The monoisotopic (exact) mass is 355 g/mol. The molecule has 0 aliphatic rings. The molecule has 0 aliphatic carbocycles. The van der Waals surface area contributed by atoms with Gasteiger partial charge in [-0.1, -0.05) is 24.3 Å². The molecule has 2 aromatic heterocycles. The van der Waals surface area contributed by atoms with Crippen LogP contribution in [0.25, 0.3) is 12.2 Å². The lowest BCUT2D eigenvalue weighted by Crippen LogP contribution is -2.29. The lowest BCUT2D eigenvalue weighted by atomic mass is 10.1. The van der Waals surface area contributed by atoms with Crippen LogP contribution in [0.1, 0.15) is 26.4 Å². The van der Waals surface area contributed by atoms with Crippen molar-refractivity contribution in [3.05, 3.63) is 76.8 Å². The van der Waals surface area contributed by atoms with Crippen molar-refractivity contribution in [3.8, 4) is 0 Å². The van der Waals surface area contributed by atoms with Crippen LogP contribution in [-0.4, -0.2) is 10.4 Å². The molecule has 0 spiro atoms. The van der Waals surface area contributed by atoms with Crippen molar-refractivity contribution in [3.63, 3.8) is 0 Å². The predicted octanol–water partition coefficient (Wildman–Crippen LogP) is 2.62. The molecule has 0 atom stereocenters. The number of carbonyl (C=O) groups excluding carboxylic acids is 1. The Morgan fingerprint density at radius 3 is 2.54 bits per heavy atom. The van der Waals surface area contributed by atoms with E-state index in [1.54, 1.807) is 24.5 Å². The number of carbonyl (C=O) groups is 1. The summed E-state index contributed by atoms with van der Waals surface area (Å²) in [5, 5.41) is 2.01. The van der Waals surface area contributed by atoms with E-state index in [1.165, 1.54) is 15.9 Å². The first kappa shape index (κ1) is 16.6. The van der Waals surface area contributed by atoms with Crippen molar-refractivity contribution in [2.45, 2.75) is 13.8 Å². The van der Waals surface area contributed by atoms with Gasteiger partial charge in [-0.15, -0.1) is 22.7 Å². The van der Waals surface area contributed by atoms with Crippen molar-refractivity contribution in [1.82, 2.24) is 4.57 Å². The number of hydrogen-bond donors (Lipinski definition) is 0. The first-order valence-electron chi connectivity index (χ1n) is 7.50. The van der Waals surface area contributed by atoms with E-state index in [0.717, 1.165) is 16.0 Å². The highest BCUT2D eigenvalue weighted by Gasteiger charge is 2.08. The van der Waals surface area contributed by atoms with Gasteiger partial charge in [0, 0.05) is 23.6 Å². The van der Waals surface area contributed by atoms with Gasteiger partial charge in [-0.25, -0.2) is 0 Å². The summed E-state index contributed by atoms with van der Waals surface area (Å²) in [6.45, 7) is 3.93. The highest BCUT2D eigenvalue weighted by atomic mass is 32.1. The maximum Gasteiger partial charge on any atom is 0.268 e. The van der Waals surface area contributed by atoms with Crippen LogP contribution >= 0.6 is 22.7 Å². The van der Waals surface area contributed by atoms with E-state index in [9.17, 15) is 9.59 Å². The molecular weight excluding hydrogens is 338 g/mol. The van der Waals surface area contributed by atoms with Gasteiger partial charge in [0.1, 0.15) is 4.66 Å². The quantitative estimate of drug-likeness (QED) is 0.678. The van der Waals surface area contributed by atoms with Gasteiger partial charge in [0.2, 0.25) is 0 Å². The lowest BCUT2D eigenvalue weighted by Gasteiger charge is -1.99. The molecule has 0 amide bonds. The number of rotatable bonds is 3. The number of hydrogen-bond acceptors (Lipinski definition) is 4. The average Bonchev–Trinajstić information content (AvgIpc) is 3.07. The number of aryl methyl sites for hydroxylation is 2. The second-order valence-electron chi connectivity index (χ2n) is 5.60. The predicted molar refractivity (Wildman–Crippen MR) is 101 cm³/mol. The first-order valence-corrected chi connectivity index (χ1v) is 9.20. The maximum absolute atomic E-state index is 12.5. The van der Waals surface area contributed by atoms with Crippen LogP contribution in [0.5, 0.6) is 0 Å². The fraction of sp³-hybridized carbons (Fsp3) is 0.158. The number of aromatic nitrogens is 1. The molecule has 3 aromatic rings. The Hall–Kier alpha value is -2.24. The minimum absolute atomic E-state index is 0.0726. The fourth-order valence-corrected chi connectivity index (χ4v) is 4.34. The van der Waals surface area contributed by atoms with E-state index in [-0.39, 0.29) is 11.3 Å².